The summed E-state index contributed by atoms with van der Waals surface area (Å²) >= 11 is 5.97. The van der Waals surface area contributed by atoms with Gasteiger partial charge in [0.05, 0.1) is 37.5 Å². The van der Waals surface area contributed by atoms with Gasteiger partial charge in [-0.15, -0.1) is 0 Å². The average Bonchev–Trinajstić information content (AvgIpc) is 2.87. The molecule has 0 saturated heterocycles. The van der Waals surface area contributed by atoms with E-state index in [4.69, 9.17) is 25.8 Å². The Balaban J connectivity index is 1.87. The number of hydrogen-bond acceptors (Lipinski definition) is 6. The predicted octanol–water partition coefficient (Wildman–Crippen LogP) is 4.49. The van der Waals surface area contributed by atoms with Crippen molar-refractivity contribution in [3.05, 3.63) is 82.1 Å². The Morgan fingerprint density at radius 1 is 1.03 bits per heavy atom. The minimum absolute atomic E-state index is 0.0704. The molecule has 0 unspecified atom stereocenters. The number of hydrogen-bond donors (Lipinski definition) is 1. The van der Waals surface area contributed by atoms with Crippen molar-refractivity contribution in [2.24, 2.45) is 0 Å². The first-order valence-electron chi connectivity index (χ1n) is 10.5. The number of amides is 1. The summed E-state index contributed by atoms with van der Waals surface area (Å²) in [7, 11) is 4.18. The first-order chi connectivity index (χ1) is 16.8. The van der Waals surface area contributed by atoms with Crippen molar-refractivity contribution in [3.8, 4) is 22.6 Å². The van der Waals surface area contributed by atoms with E-state index in [1.54, 1.807) is 36.4 Å². The van der Waals surface area contributed by atoms with Gasteiger partial charge in [-0.2, -0.15) is 0 Å². The molecule has 0 spiro atoms. The molecule has 9 heteroatoms. The molecule has 0 heterocycles. The maximum atomic E-state index is 14.1. The van der Waals surface area contributed by atoms with Crippen LogP contribution in [0.1, 0.15) is 26.3 Å². The van der Waals surface area contributed by atoms with Crippen molar-refractivity contribution < 1.29 is 33.0 Å². The van der Waals surface area contributed by atoms with E-state index in [9.17, 15) is 18.8 Å². The maximum Gasteiger partial charge on any atom is 0.328 e. The normalized spacial score (nSPS) is 11.3. The number of carbonyl (C=O) groups is 3. The van der Waals surface area contributed by atoms with Gasteiger partial charge in [-0.1, -0.05) is 41.9 Å². The third-order valence-electron chi connectivity index (χ3n) is 5.33. The van der Waals surface area contributed by atoms with Crippen LogP contribution < -0.4 is 14.8 Å². The number of esters is 1. The Bertz CT molecular complexity index is 1200. The van der Waals surface area contributed by atoms with Crippen molar-refractivity contribution in [1.82, 2.24) is 5.32 Å². The van der Waals surface area contributed by atoms with Crippen LogP contribution in [-0.2, 0) is 16.0 Å². The SMILES string of the molecule is COC(=O)[C@H](Cc1ccc(-c2c(OC)cc(C=O)cc2OC)cc1)NC(=O)c1c(F)cccc1Cl. The van der Waals surface area contributed by atoms with E-state index in [1.807, 2.05) is 0 Å². The number of rotatable bonds is 9. The third kappa shape index (κ3) is 5.78. The molecule has 3 rings (SSSR count). The van der Waals surface area contributed by atoms with Gasteiger partial charge in [-0.25, -0.2) is 9.18 Å². The van der Waals surface area contributed by atoms with E-state index in [2.05, 4.69) is 5.32 Å². The zero-order chi connectivity index (χ0) is 25.5. The van der Waals surface area contributed by atoms with Gasteiger partial charge in [0, 0.05) is 12.0 Å². The molecule has 7 nitrogen and oxygen atoms in total. The van der Waals surface area contributed by atoms with Crippen LogP contribution in [0, 0.1) is 5.82 Å². The smallest absolute Gasteiger partial charge is 0.328 e. The van der Waals surface area contributed by atoms with E-state index in [0.717, 1.165) is 11.6 Å². The molecule has 0 aliphatic rings. The van der Waals surface area contributed by atoms with Gasteiger partial charge < -0.3 is 19.5 Å². The molecule has 0 aliphatic heterocycles. The van der Waals surface area contributed by atoms with E-state index in [1.165, 1.54) is 33.5 Å². The number of ether oxygens (including phenoxy) is 3. The minimum Gasteiger partial charge on any atom is -0.496 e. The molecule has 35 heavy (non-hydrogen) atoms. The molecule has 3 aromatic carbocycles. The van der Waals surface area contributed by atoms with Gasteiger partial charge in [0.2, 0.25) is 0 Å². The van der Waals surface area contributed by atoms with Crippen LogP contribution in [0.4, 0.5) is 4.39 Å². The second-order valence-corrected chi connectivity index (χ2v) is 7.87. The molecule has 0 fully saturated rings. The standard InChI is InChI=1S/C26H23ClFNO6/c1-33-21-12-16(14-30)13-22(34-2)23(21)17-9-7-15(8-10-17)11-20(26(32)35-3)29-25(31)24-18(27)5-4-6-19(24)28/h4-10,12-14,20H,11H2,1-3H3,(H,29,31)/t20-/m0/s1. The van der Waals surface area contributed by atoms with Crippen molar-refractivity contribution >= 4 is 29.8 Å². The van der Waals surface area contributed by atoms with Crippen LogP contribution in [0.25, 0.3) is 11.1 Å². The number of nitrogens with one attached hydrogen (secondary N) is 1. The fraction of sp³-hybridized carbons (Fsp3) is 0.192. The van der Waals surface area contributed by atoms with Crippen molar-refractivity contribution in [3.63, 3.8) is 0 Å². The molecule has 0 aliphatic carbocycles. The maximum absolute atomic E-state index is 14.1. The van der Waals surface area contributed by atoms with E-state index >= 15 is 0 Å². The summed E-state index contributed by atoms with van der Waals surface area (Å²) in [4.78, 5) is 36.2. The fourth-order valence-corrected chi connectivity index (χ4v) is 3.86. The van der Waals surface area contributed by atoms with Crippen LogP contribution in [0.2, 0.25) is 5.02 Å². The number of benzene rings is 3. The summed E-state index contributed by atoms with van der Waals surface area (Å²) in [6, 6.07) is 13.1. The van der Waals surface area contributed by atoms with Crippen molar-refractivity contribution in [1.29, 1.82) is 0 Å². The second-order valence-electron chi connectivity index (χ2n) is 7.47. The molecular formula is C26H23ClFNO6. The van der Waals surface area contributed by atoms with Crippen LogP contribution in [0.15, 0.2) is 54.6 Å². The fourth-order valence-electron chi connectivity index (χ4n) is 3.61. The molecule has 0 radical (unpaired) electrons. The lowest BCUT2D eigenvalue weighted by atomic mass is 9.98. The molecule has 0 aromatic heterocycles. The van der Waals surface area contributed by atoms with Crippen LogP contribution in [0.3, 0.4) is 0 Å². The first-order valence-corrected chi connectivity index (χ1v) is 10.8. The predicted molar refractivity (Wildman–Crippen MR) is 129 cm³/mol. The summed E-state index contributed by atoms with van der Waals surface area (Å²) in [5, 5.41) is 2.43. The molecule has 0 saturated carbocycles. The Labute approximate surface area is 206 Å². The average molecular weight is 500 g/mol. The third-order valence-corrected chi connectivity index (χ3v) is 5.64. The van der Waals surface area contributed by atoms with Gasteiger partial charge >= 0.3 is 5.97 Å². The summed E-state index contributed by atoms with van der Waals surface area (Å²) < 4.78 is 29.8. The van der Waals surface area contributed by atoms with Crippen LogP contribution in [0.5, 0.6) is 11.5 Å². The highest BCUT2D eigenvalue weighted by Crippen LogP contribution is 2.39. The second kappa shape index (κ2) is 11.5. The topological polar surface area (TPSA) is 90.9 Å². The monoisotopic (exact) mass is 499 g/mol. The first kappa shape index (κ1) is 25.7. The molecular weight excluding hydrogens is 477 g/mol. The number of methoxy groups -OCH3 is 3. The Morgan fingerprint density at radius 2 is 1.66 bits per heavy atom. The summed E-state index contributed by atoms with van der Waals surface area (Å²) in [5.41, 5.74) is 2.16. The minimum atomic E-state index is -1.08. The van der Waals surface area contributed by atoms with Gasteiger partial charge in [-0.05, 0) is 35.4 Å². The Morgan fingerprint density at radius 3 is 2.17 bits per heavy atom. The van der Waals surface area contributed by atoms with Gasteiger partial charge in [0.15, 0.2) is 0 Å². The van der Waals surface area contributed by atoms with Gasteiger partial charge in [-0.3, -0.25) is 9.59 Å². The lowest BCUT2D eigenvalue weighted by molar-refractivity contribution is -0.142. The van der Waals surface area contributed by atoms with Crippen molar-refractivity contribution in [2.45, 2.75) is 12.5 Å². The van der Waals surface area contributed by atoms with Crippen LogP contribution in [-0.4, -0.2) is 45.5 Å². The zero-order valence-electron chi connectivity index (χ0n) is 19.3. The molecule has 1 atom stereocenters. The van der Waals surface area contributed by atoms with Gasteiger partial charge in [0.25, 0.3) is 5.91 Å². The molecule has 1 amide bonds. The molecule has 182 valence electrons. The molecule has 3 aromatic rings. The Hall–Kier alpha value is -3.91. The van der Waals surface area contributed by atoms with Crippen molar-refractivity contribution in [2.75, 3.05) is 21.3 Å². The summed E-state index contributed by atoms with van der Waals surface area (Å²) in [6.07, 6.45) is 0.788. The number of carbonyl (C=O) groups excluding carboxylic acids is 3. The highest BCUT2D eigenvalue weighted by Gasteiger charge is 2.25. The van der Waals surface area contributed by atoms with Gasteiger partial charge in [0.1, 0.15) is 29.6 Å². The largest absolute Gasteiger partial charge is 0.496 e. The van der Waals surface area contributed by atoms with Crippen LogP contribution >= 0.6 is 11.6 Å². The van der Waals surface area contributed by atoms with E-state index < -0.39 is 23.7 Å². The highest BCUT2D eigenvalue weighted by atomic mass is 35.5. The van der Waals surface area contributed by atoms with E-state index in [-0.39, 0.29) is 17.0 Å². The zero-order valence-corrected chi connectivity index (χ0v) is 20.0. The Kier molecular flexibility index (Phi) is 8.43. The summed E-state index contributed by atoms with van der Waals surface area (Å²) in [6.45, 7) is 0. The summed E-state index contributed by atoms with van der Waals surface area (Å²) in [5.74, 6) is -1.40. The number of halogens is 2. The number of aldehydes is 1. The van der Waals surface area contributed by atoms with E-state index in [0.29, 0.717) is 34.5 Å². The lowest BCUT2D eigenvalue weighted by Gasteiger charge is -2.18. The lowest BCUT2D eigenvalue weighted by Crippen LogP contribution is -2.43. The highest BCUT2D eigenvalue weighted by molar-refractivity contribution is 6.33. The quantitative estimate of drug-likeness (QED) is 0.344. The molecule has 0 bridgehead atoms. The molecule has 1 N–H and O–H groups in total.